The number of phenolic OH excluding ortho intramolecular Hbond substituents is 1. The van der Waals surface area contributed by atoms with Gasteiger partial charge in [-0.3, -0.25) is 9.69 Å². The van der Waals surface area contributed by atoms with Crippen LogP contribution in [0.1, 0.15) is 78.6 Å². The lowest BCUT2D eigenvalue weighted by Crippen LogP contribution is -2.37. The predicted molar refractivity (Wildman–Crippen MR) is 140 cm³/mol. The van der Waals surface area contributed by atoms with Crippen LogP contribution in [-0.4, -0.2) is 42.0 Å². The Hall–Kier alpha value is -2.37. The number of nitrogens with zero attached hydrogens (tertiary/aromatic N) is 1. The fraction of sp³-hybridized carbons (Fsp3) is 0.483. The number of carbonyl (C=O) groups excluding carboxylic acids is 1. The molecule has 1 aromatic heterocycles. The first-order valence-corrected chi connectivity index (χ1v) is 13.7. The van der Waals surface area contributed by atoms with Crippen molar-refractivity contribution in [3.8, 4) is 11.5 Å². The van der Waals surface area contributed by atoms with Gasteiger partial charge in [-0.25, -0.2) is 0 Å². The second-order valence-electron chi connectivity index (χ2n) is 10.1. The van der Waals surface area contributed by atoms with Gasteiger partial charge in [0.1, 0.15) is 18.1 Å². The van der Waals surface area contributed by atoms with Gasteiger partial charge in [0.05, 0.1) is 0 Å². The van der Waals surface area contributed by atoms with Gasteiger partial charge in [-0.1, -0.05) is 26.2 Å². The third kappa shape index (κ3) is 5.16. The van der Waals surface area contributed by atoms with Crippen LogP contribution in [-0.2, 0) is 0 Å². The van der Waals surface area contributed by atoms with Crippen molar-refractivity contribution in [2.45, 2.75) is 57.8 Å². The standard InChI is InChI=1S/C29H35NO3S/c1-20-6-5-15-30(19-20)16-17-33-24-12-9-21(10-13-24)28(32)27-25-14-11-23(31)18-26(25)34-29(27)22-7-3-2-4-8-22/h9-14,18,20,22,31H,2-8,15-17,19H2,1H3. The van der Waals surface area contributed by atoms with Crippen molar-refractivity contribution < 1.29 is 14.6 Å². The quantitative estimate of drug-likeness (QED) is 0.372. The van der Waals surface area contributed by atoms with Gasteiger partial charge in [-0.2, -0.15) is 0 Å². The van der Waals surface area contributed by atoms with Gasteiger partial charge in [-0.15, -0.1) is 11.3 Å². The Morgan fingerprint density at radius 1 is 1.06 bits per heavy atom. The zero-order chi connectivity index (χ0) is 23.5. The number of benzene rings is 2. The van der Waals surface area contributed by atoms with Gasteiger partial charge >= 0.3 is 0 Å². The third-order valence-electron chi connectivity index (χ3n) is 7.44. The third-order valence-corrected chi connectivity index (χ3v) is 8.75. The normalized spacial score (nSPS) is 20.0. The molecule has 0 radical (unpaired) electrons. The Morgan fingerprint density at radius 2 is 1.85 bits per heavy atom. The maximum Gasteiger partial charge on any atom is 0.194 e. The van der Waals surface area contributed by atoms with Crippen molar-refractivity contribution in [2.75, 3.05) is 26.2 Å². The van der Waals surface area contributed by atoms with E-state index in [1.807, 2.05) is 30.3 Å². The zero-order valence-electron chi connectivity index (χ0n) is 20.1. The number of aromatic hydroxyl groups is 1. The van der Waals surface area contributed by atoms with Gasteiger partial charge < -0.3 is 9.84 Å². The van der Waals surface area contributed by atoms with Crippen molar-refractivity contribution in [1.82, 2.24) is 4.90 Å². The van der Waals surface area contributed by atoms with Gasteiger partial charge in [0.2, 0.25) is 0 Å². The van der Waals surface area contributed by atoms with Crippen LogP contribution in [0.15, 0.2) is 42.5 Å². The van der Waals surface area contributed by atoms with E-state index in [-0.39, 0.29) is 11.5 Å². The molecule has 1 atom stereocenters. The molecule has 5 rings (SSSR count). The van der Waals surface area contributed by atoms with Crippen LogP contribution in [0.25, 0.3) is 10.1 Å². The monoisotopic (exact) mass is 477 g/mol. The van der Waals surface area contributed by atoms with E-state index in [9.17, 15) is 9.90 Å². The van der Waals surface area contributed by atoms with Crippen LogP contribution < -0.4 is 4.74 Å². The van der Waals surface area contributed by atoms with Crippen molar-refractivity contribution in [1.29, 1.82) is 0 Å². The molecule has 2 aromatic carbocycles. The van der Waals surface area contributed by atoms with E-state index < -0.39 is 0 Å². The van der Waals surface area contributed by atoms with Gasteiger partial charge in [0.25, 0.3) is 0 Å². The zero-order valence-corrected chi connectivity index (χ0v) is 20.9. The molecular formula is C29H35NO3S. The summed E-state index contributed by atoms with van der Waals surface area (Å²) in [4.78, 5) is 17.4. The number of ketones is 1. The maximum atomic E-state index is 13.7. The summed E-state index contributed by atoms with van der Waals surface area (Å²) in [6.45, 7) is 6.26. The van der Waals surface area contributed by atoms with Crippen LogP contribution in [0.4, 0.5) is 0 Å². The number of fused-ring (bicyclic) bond motifs is 1. The highest BCUT2D eigenvalue weighted by Crippen LogP contribution is 2.44. The van der Waals surface area contributed by atoms with E-state index in [0.29, 0.717) is 18.1 Å². The van der Waals surface area contributed by atoms with Gasteiger partial charge in [0.15, 0.2) is 5.78 Å². The Bertz CT molecular complexity index is 1130. The number of likely N-dealkylation sites (tertiary alicyclic amines) is 1. The second kappa shape index (κ2) is 10.5. The minimum atomic E-state index is 0.0753. The van der Waals surface area contributed by atoms with Crippen LogP contribution in [0.5, 0.6) is 11.5 Å². The molecule has 1 saturated heterocycles. The highest BCUT2D eigenvalue weighted by molar-refractivity contribution is 7.19. The number of hydrogen-bond acceptors (Lipinski definition) is 5. The predicted octanol–water partition coefficient (Wildman–Crippen LogP) is 7.00. The molecule has 1 aliphatic carbocycles. The first-order valence-electron chi connectivity index (χ1n) is 12.8. The molecular weight excluding hydrogens is 442 g/mol. The summed E-state index contributed by atoms with van der Waals surface area (Å²) in [5.41, 5.74) is 1.53. The summed E-state index contributed by atoms with van der Waals surface area (Å²) in [6.07, 6.45) is 8.61. The molecule has 0 bridgehead atoms. The Kier molecular flexibility index (Phi) is 7.21. The number of thiophene rings is 1. The fourth-order valence-corrected chi connectivity index (χ4v) is 7.02. The number of phenols is 1. The van der Waals surface area contributed by atoms with E-state index in [4.69, 9.17) is 4.74 Å². The summed E-state index contributed by atoms with van der Waals surface area (Å²) in [5, 5.41) is 11.0. The second-order valence-corrected chi connectivity index (χ2v) is 11.2. The molecule has 1 N–H and O–H groups in total. The molecule has 1 unspecified atom stereocenters. The highest BCUT2D eigenvalue weighted by Gasteiger charge is 2.27. The fourth-order valence-electron chi connectivity index (χ4n) is 5.62. The molecule has 1 saturated carbocycles. The summed E-state index contributed by atoms with van der Waals surface area (Å²) in [7, 11) is 0. The van der Waals surface area contributed by atoms with Crippen LogP contribution >= 0.6 is 11.3 Å². The molecule has 180 valence electrons. The minimum Gasteiger partial charge on any atom is -0.508 e. The lowest BCUT2D eigenvalue weighted by Gasteiger charge is -2.30. The molecule has 1 aliphatic heterocycles. The van der Waals surface area contributed by atoms with Crippen molar-refractivity contribution in [3.63, 3.8) is 0 Å². The summed E-state index contributed by atoms with van der Waals surface area (Å²) in [6, 6.07) is 13.0. The first-order chi connectivity index (χ1) is 16.6. The average molecular weight is 478 g/mol. The topological polar surface area (TPSA) is 49.8 Å². The maximum absolute atomic E-state index is 13.7. The number of ether oxygens (including phenoxy) is 1. The number of carbonyl (C=O) groups is 1. The summed E-state index contributed by atoms with van der Waals surface area (Å²) >= 11 is 1.69. The lowest BCUT2D eigenvalue weighted by molar-refractivity contribution is 0.103. The van der Waals surface area contributed by atoms with E-state index >= 15 is 0 Å². The molecule has 3 aromatic rings. The number of piperidine rings is 1. The van der Waals surface area contributed by atoms with Crippen molar-refractivity contribution >= 4 is 27.2 Å². The Morgan fingerprint density at radius 3 is 2.62 bits per heavy atom. The van der Waals surface area contributed by atoms with Crippen LogP contribution in [0.2, 0.25) is 0 Å². The highest BCUT2D eigenvalue weighted by atomic mass is 32.1. The molecule has 2 heterocycles. The van der Waals surface area contributed by atoms with E-state index in [1.54, 1.807) is 23.5 Å². The summed E-state index contributed by atoms with van der Waals surface area (Å²) < 4.78 is 6.99. The summed E-state index contributed by atoms with van der Waals surface area (Å²) in [5.74, 6) is 2.35. The van der Waals surface area contributed by atoms with Crippen LogP contribution in [0, 0.1) is 5.92 Å². The molecule has 0 spiro atoms. The molecule has 2 fully saturated rings. The lowest BCUT2D eigenvalue weighted by atomic mass is 9.85. The smallest absolute Gasteiger partial charge is 0.194 e. The molecule has 34 heavy (non-hydrogen) atoms. The van der Waals surface area contributed by atoms with E-state index in [2.05, 4.69) is 11.8 Å². The minimum absolute atomic E-state index is 0.0753. The van der Waals surface area contributed by atoms with Crippen molar-refractivity contribution in [2.24, 2.45) is 5.92 Å². The first kappa shape index (κ1) is 23.4. The Labute approximate surface area is 206 Å². The van der Waals surface area contributed by atoms with Crippen LogP contribution in [0.3, 0.4) is 0 Å². The Balaban J connectivity index is 1.32. The van der Waals surface area contributed by atoms with Gasteiger partial charge in [0, 0.05) is 39.2 Å². The molecule has 0 amide bonds. The number of hydrogen-bond donors (Lipinski definition) is 1. The molecule has 4 nitrogen and oxygen atoms in total. The molecule has 5 heteroatoms. The van der Waals surface area contributed by atoms with Gasteiger partial charge in [-0.05, 0) is 86.5 Å². The SMILES string of the molecule is CC1CCCN(CCOc2ccc(C(=O)c3c(C4CCCCC4)sc4cc(O)ccc34)cc2)C1. The molecule has 2 aliphatic rings. The largest absolute Gasteiger partial charge is 0.508 e. The average Bonchev–Trinajstić information content (AvgIpc) is 3.23. The van der Waals surface area contributed by atoms with E-state index in [1.165, 1.54) is 37.0 Å². The number of rotatable bonds is 7. The van der Waals surface area contributed by atoms with Crippen molar-refractivity contribution in [3.05, 3.63) is 58.5 Å². The van der Waals surface area contributed by atoms with E-state index in [0.717, 1.165) is 59.8 Å².